The summed E-state index contributed by atoms with van der Waals surface area (Å²) in [4.78, 5) is 36.6. The topological polar surface area (TPSA) is 112 Å². The number of rotatable bonds is 11. The molecule has 0 unspecified atom stereocenters. The first kappa shape index (κ1) is 33.3. The number of esters is 1. The highest BCUT2D eigenvalue weighted by Gasteiger charge is 2.44. The van der Waals surface area contributed by atoms with Gasteiger partial charge in [-0.05, 0) is 60.7 Å². The Kier molecular flexibility index (Phi) is 11.7. The Hall–Kier alpha value is -2.17. The molecular weight excluding hydrogens is 540 g/mol. The number of hydrogen-bond donors (Lipinski definition) is 2. The maximum atomic E-state index is 12.7. The number of likely N-dealkylation sites (N-methyl/N-ethyl adjacent to an activating group) is 1. The van der Waals surface area contributed by atoms with Crippen LogP contribution in [0.2, 0.25) is 18.1 Å². The fourth-order valence-corrected chi connectivity index (χ4v) is 7.31. The van der Waals surface area contributed by atoms with E-state index in [1.54, 1.807) is 7.05 Å². The van der Waals surface area contributed by atoms with Gasteiger partial charge < -0.3 is 29.3 Å². The Balaban J connectivity index is 1.61. The largest absolute Gasteiger partial charge is 0.462 e. The number of ether oxygens (including phenoxy) is 3. The monoisotopic (exact) mass is 592 g/mol. The van der Waals surface area contributed by atoms with E-state index >= 15 is 0 Å². The first-order chi connectivity index (χ1) is 19.2. The van der Waals surface area contributed by atoms with Gasteiger partial charge in [0, 0.05) is 25.9 Å². The quantitative estimate of drug-likeness (QED) is 0.194. The third-order valence-electron chi connectivity index (χ3n) is 9.19. The van der Waals surface area contributed by atoms with Gasteiger partial charge in [0.05, 0.1) is 19.1 Å². The molecule has 0 aromatic rings. The summed E-state index contributed by atoms with van der Waals surface area (Å²) in [5.41, 5.74) is 1.22. The van der Waals surface area contributed by atoms with Crippen LogP contribution in [-0.2, 0) is 28.2 Å². The van der Waals surface area contributed by atoms with Gasteiger partial charge in [0.15, 0.2) is 8.32 Å². The molecule has 0 saturated carbocycles. The summed E-state index contributed by atoms with van der Waals surface area (Å²) < 4.78 is 23.7. The Morgan fingerprint density at radius 3 is 2.56 bits per heavy atom. The van der Waals surface area contributed by atoms with Crippen LogP contribution in [0.25, 0.3) is 0 Å². The molecule has 1 heterocycles. The normalized spacial score (nSPS) is 30.1. The summed E-state index contributed by atoms with van der Waals surface area (Å²) >= 11 is 0. The highest BCUT2D eigenvalue weighted by atomic mass is 28.4. The van der Waals surface area contributed by atoms with Gasteiger partial charge in [-0.15, -0.1) is 0 Å². The molecule has 0 radical (unpaired) electrons. The van der Waals surface area contributed by atoms with Gasteiger partial charge in [-0.1, -0.05) is 52.8 Å². The van der Waals surface area contributed by atoms with Gasteiger partial charge in [-0.3, -0.25) is 9.59 Å². The Morgan fingerprint density at radius 1 is 1.15 bits per heavy atom. The summed E-state index contributed by atoms with van der Waals surface area (Å²) in [7, 11) is -0.450. The average Bonchev–Trinajstić information content (AvgIpc) is 2.86. The van der Waals surface area contributed by atoms with E-state index in [1.807, 2.05) is 0 Å². The minimum atomic E-state index is -2.00. The lowest BCUT2D eigenvalue weighted by molar-refractivity contribution is -0.160. The lowest BCUT2D eigenvalue weighted by Gasteiger charge is -2.44. The molecule has 232 valence electrons. The van der Waals surface area contributed by atoms with Crippen molar-refractivity contribution in [2.45, 2.75) is 103 Å². The molecule has 2 aliphatic carbocycles. The molecule has 0 aromatic heterocycles. The molecule has 1 fully saturated rings. The van der Waals surface area contributed by atoms with Gasteiger partial charge in [0.25, 0.3) is 0 Å². The summed E-state index contributed by atoms with van der Waals surface area (Å²) in [6.07, 6.45) is 9.17. The number of fused-ring (bicyclic) bond motifs is 1. The molecule has 0 spiro atoms. The summed E-state index contributed by atoms with van der Waals surface area (Å²) in [5.74, 6) is 0.548. The fraction of sp³-hybridized carbons (Fsp3) is 0.774. The van der Waals surface area contributed by atoms with Crippen molar-refractivity contribution in [3.05, 3.63) is 23.8 Å². The molecule has 1 saturated heterocycles. The number of cyclic esters (lactones) is 1. The summed E-state index contributed by atoms with van der Waals surface area (Å²) in [6.45, 7) is 15.9. The van der Waals surface area contributed by atoms with Crippen LogP contribution in [-0.4, -0.2) is 71.4 Å². The third-order valence-corrected chi connectivity index (χ3v) is 13.7. The first-order valence-electron chi connectivity index (χ1n) is 15.2. The highest BCUT2D eigenvalue weighted by Crippen LogP contribution is 2.45. The second-order valence-corrected chi connectivity index (χ2v) is 18.3. The number of nitrogens with one attached hydrogen (secondary N) is 2. The lowest BCUT2D eigenvalue weighted by Crippen LogP contribution is -2.47. The van der Waals surface area contributed by atoms with Crippen molar-refractivity contribution in [2.75, 3.05) is 26.8 Å². The van der Waals surface area contributed by atoms with Crippen molar-refractivity contribution >= 4 is 26.3 Å². The number of allylic oxidation sites excluding steroid dienone is 3. The predicted molar refractivity (Wildman–Crippen MR) is 161 cm³/mol. The predicted octanol–water partition coefficient (Wildman–Crippen LogP) is 5.12. The van der Waals surface area contributed by atoms with Crippen molar-refractivity contribution in [3.8, 4) is 0 Å². The zero-order chi connectivity index (χ0) is 30.4. The molecule has 7 atom stereocenters. The third kappa shape index (κ3) is 9.41. The Labute approximate surface area is 247 Å². The second-order valence-electron chi connectivity index (χ2n) is 13.5. The van der Waals surface area contributed by atoms with Crippen LogP contribution in [0.15, 0.2) is 23.8 Å². The highest BCUT2D eigenvalue weighted by molar-refractivity contribution is 6.74. The number of carbonyl (C=O) groups is 3. The maximum Gasteiger partial charge on any atom is 0.407 e. The standard InChI is InChI=1S/C31H52N2O7Si/c1-20-15-22-10-9-21(2)25(29(22)26(16-20)39-30(36)33-13-14-37-19-27(34)32-6)12-11-23-17-24(18-28(35)38-23)40-41(7,8)31(3,4)5/h9-10,15,20-21,23-26,29H,11-14,16-19H2,1-8H3,(H,32,34)(H,33,36)/t20-,21-,23+,24+,25-,26-,29-/m0/s1. The van der Waals surface area contributed by atoms with E-state index in [1.165, 1.54) is 5.57 Å². The minimum Gasteiger partial charge on any atom is -0.462 e. The lowest BCUT2D eigenvalue weighted by atomic mass is 9.65. The molecule has 3 aliphatic rings. The van der Waals surface area contributed by atoms with Gasteiger partial charge in [0.2, 0.25) is 5.91 Å². The van der Waals surface area contributed by atoms with E-state index in [4.69, 9.17) is 18.6 Å². The van der Waals surface area contributed by atoms with Crippen molar-refractivity contribution in [3.63, 3.8) is 0 Å². The van der Waals surface area contributed by atoms with Crippen LogP contribution in [0.5, 0.6) is 0 Å². The number of carbonyl (C=O) groups excluding carboxylic acids is 3. The van der Waals surface area contributed by atoms with E-state index in [9.17, 15) is 14.4 Å². The molecular formula is C31H52N2O7Si. The van der Waals surface area contributed by atoms with E-state index in [2.05, 4.69) is 76.6 Å². The number of amides is 2. The summed E-state index contributed by atoms with van der Waals surface area (Å²) in [6, 6.07) is 0. The van der Waals surface area contributed by atoms with Crippen LogP contribution in [0, 0.1) is 23.7 Å². The van der Waals surface area contributed by atoms with Gasteiger partial charge in [-0.25, -0.2) is 4.79 Å². The van der Waals surface area contributed by atoms with Crippen molar-refractivity contribution < 1.29 is 33.0 Å². The second kappa shape index (κ2) is 14.3. The van der Waals surface area contributed by atoms with Crippen LogP contribution in [0.4, 0.5) is 4.79 Å². The number of alkyl carbamates (subject to hydrolysis) is 1. The zero-order valence-corrected chi connectivity index (χ0v) is 27.3. The van der Waals surface area contributed by atoms with Gasteiger partial charge >= 0.3 is 12.1 Å². The van der Waals surface area contributed by atoms with E-state index in [0.29, 0.717) is 18.3 Å². The molecule has 9 nitrogen and oxygen atoms in total. The maximum absolute atomic E-state index is 12.7. The molecule has 10 heteroatoms. The SMILES string of the molecule is CNC(=O)COCCNC(=O)O[C@H]1C[C@@H](C)C=C2C=C[C@H](C)[C@H](CC[C@@H]3C[C@@H](O[Si](C)(C)C(C)(C)C)CC(=O)O3)[C@H]21. The van der Waals surface area contributed by atoms with Gasteiger partial charge in [0.1, 0.15) is 18.8 Å². The molecule has 41 heavy (non-hydrogen) atoms. The molecule has 2 amide bonds. The van der Waals surface area contributed by atoms with Crippen LogP contribution in [0.1, 0.15) is 66.7 Å². The average molecular weight is 593 g/mol. The first-order valence-corrected chi connectivity index (χ1v) is 18.1. The number of hydrogen-bond acceptors (Lipinski definition) is 7. The van der Waals surface area contributed by atoms with Crippen molar-refractivity contribution in [1.82, 2.24) is 10.6 Å². The van der Waals surface area contributed by atoms with Crippen LogP contribution in [0.3, 0.4) is 0 Å². The molecule has 0 bridgehead atoms. The van der Waals surface area contributed by atoms with E-state index < -0.39 is 14.4 Å². The van der Waals surface area contributed by atoms with E-state index in [0.717, 1.165) is 25.7 Å². The summed E-state index contributed by atoms with van der Waals surface area (Å²) in [5, 5.41) is 5.33. The fourth-order valence-electron chi connectivity index (χ4n) is 5.95. The molecule has 0 aromatic carbocycles. The van der Waals surface area contributed by atoms with Crippen LogP contribution >= 0.6 is 0 Å². The molecule has 3 rings (SSSR count). The van der Waals surface area contributed by atoms with Crippen molar-refractivity contribution in [2.24, 2.45) is 23.7 Å². The Morgan fingerprint density at radius 2 is 1.88 bits per heavy atom. The van der Waals surface area contributed by atoms with Crippen LogP contribution < -0.4 is 10.6 Å². The zero-order valence-electron chi connectivity index (χ0n) is 26.3. The van der Waals surface area contributed by atoms with E-state index in [-0.39, 0.29) is 66.8 Å². The Bertz CT molecular complexity index is 989. The minimum absolute atomic E-state index is 0.0467. The molecule has 1 aliphatic heterocycles. The van der Waals surface area contributed by atoms with Crippen molar-refractivity contribution in [1.29, 1.82) is 0 Å². The molecule has 2 N–H and O–H groups in total. The smallest absolute Gasteiger partial charge is 0.407 e. The van der Waals surface area contributed by atoms with Gasteiger partial charge in [-0.2, -0.15) is 0 Å².